The molecule has 1 aliphatic carbocycles. The van der Waals surface area contributed by atoms with E-state index in [0.717, 1.165) is 18.4 Å². The third-order valence-electron chi connectivity index (χ3n) is 3.60. The number of rotatable bonds is 4. The van der Waals surface area contributed by atoms with E-state index in [1.54, 1.807) is 36.2 Å². The normalized spacial score (nSPS) is 16.6. The van der Waals surface area contributed by atoms with Crippen molar-refractivity contribution in [2.75, 3.05) is 13.3 Å². The third kappa shape index (κ3) is 3.50. The van der Waals surface area contributed by atoms with E-state index in [4.69, 9.17) is 0 Å². The molecule has 1 N–H and O–H groups in total. The summed E-state index contributed by atoms with van der Waals surface area (Å²) in [5.74, 6) is 0. The minimum atomic E-state index is -3.18. The Morgan fingerprint density at radius 1 is 1.30 bits per heavy atom. The Bertz CT molecular complexity index is 591. The second-order valence-electron chi connectivity index (χ2n) is 5.35. The highest BCUT2D eigenvalue weighted by Gasteiger charge is 2.26. The first-order valence-electron chi connectivity index (χ1n) is 6.62. The summed E-state index contributed by atoms with van der Waals surface area (Å²) < 4.78 is 22.8. The smallest absolute Gasteiger partial charge is 0.317 e. The fourth-order valence-corrected chi connectivity index (χ4v) is 2.53. The second kappa shape index (κ2) is 5.44. The van der Waals surface area contributed by atoms with Gasteiger partial charge >= 0.3 is 6.03 Å². The zero-order chi connectivity index (χ0) is 14.9. The Hall–Kier alpha value is -1.56. The van der Waals surface area contributed by atoms with Crippen LogP contribution in [0.1, 0.15) is 31.4 Å². The lowest BCUT2D eigenvalue weighted by Crippen LogP contribution is -2.39. The van der Waals surface area contributed by atoms with Gasteiger partial charge in [-0.2, -0.15) is 0 Å². The molecule has 1 unspecified atom stereocenters. The molecule has 0 saturated heterocycles. The number of hydrogen-bond acceptors (Lipinski definition) is 3. The number of nitrogens with one attached hydrogen (secondary N) is 1. The topological polar surface area (TPSA) is 66.5 Å². The summed E-state index contributed by atoms with van der Waals surface area (Å²) in [5, 5.41) is 2.93. The predicted molar refractivity (Wildman–Crippen MR) is 77.3 cm³/mol. The molecule has 2 rings (SSSR count). The van der Waals surface area contributed by atoms with Crippen molar-refractivity contribution < 1.29 is 13.2 Å². The highest BCUT2D eigenvalue weighted by atomic mass is 32.2. The molecule has 2 amide bonds. The minimum absolute atomic E-state index is 0.0906. The average molecular weight is 296 g/mol. The van der Waals surface area contributed by atoms with E-state index in [0.29, 0.717) is 10.9 Å². The highest BCUT2D eigenvalue weighted by Crippen LogP contribution is 2.23. The SMILES string of the molecule is CC(c1ccc(S(C)(=O)=O)cc1)N(C)C(=O)NC1CC1. The largest absolute Gasteiger partial charge is 0.335 e. The maximum Gasteiger partial charge on any atom is 0.317 e. The van der Waals surface area contributed by atoms with E-state index in [1.807, 2.05) is 6.92 Å². The average Bonchev–Trinajstić information content (AvgIpc) is 3.20. The van der Waals surface area contributed by atoms with Crippen LogP contribution < -0.4 is 5.32 Å². The molecule has 6 heteroatoms. The van der Waals surface area contributed by atoms with Gasteiger partial charge in [-0.25, -0.2) is 13.2 Å². The molecule has 1 aromatic rings. The lowest BCUT2D eigenvalue weighted by molar-refractivity contribution is 0.194. The molecule has 0 spiro atoms. The van der Waals surface area contributed by atoms with Gasteiger partial charge in [0.2, 0.25) is 0 Å². The quantitative estimate of drug-likeness (QED) is 0.923. The van der Waals surface area contributed by atoms with Gasteiger partial charge in [-0.15, -0.1) is 0 Å². The maximum absolute atomic E-state index is 12.0. The Kier molecular flexibility index (Phi) is 4.04. The summed E-state index contributed by atoms with van der Waals surface area (Å²) in [7, 11) is -1.44. The van der Waals surface area contributed by atoms with Gasteiger partial charge in [-0.3, -0.25) is 0 Å². The van der Waals surface area contributed by atoms with E-state index in [-0.39, 0.29) is 12.1 Å². The number of sulfone groups is 1. The van der Waals surface area contributed by atoms with Crippen LogP contribution in [0.5, 0.6) is 0 Å². The van der Waals surface area contributed by atoms with E-state index in [9.17, 15) is 13.2 Å². The second-order valence-corrected chi connectivity index (χ2v) is 7.37. The van der Waals surface area contributed by atoms with E-state index >= 15 is 0 Å². The summed E-state index contributed by atoms with van der Waals surface area (Å²) >= 11 is 0. The fraction of sp³-hybridized carbons (Fsp3) is 0.500. The van der Waals surface area contributed by atoms with Crippen LogP contribution in [-0.4, -0.2) is 38.7 Å². The first-order chi connectivity index (χ1) is 9.29. The number of amides is 2. The molecule has 0 radical (unpaired) electrons. The molecule has 20 heavy (non-hydrogen) atoms. The molecule has 1 aromatic carbocycles. The number of urea groups is 1. The van der Waals surface area contributed by atoms with Crippen molar-refractivity contribution in [2.45, 2.75) is 36.7 Å². The Labute approximate surface area is 119 Å². The Balaban J connectivity index is 2.07. The molecule has 1 fully saturated rings. The Morgan fingerprint density at radius 2 is 1.85 bits per heavy atom. The van der Waals surface area contributed by atoms with E-state index in [2.05, 4.69) is 5.32 Å². The number of hydrogen-bond donors (Lipinski definition) is 1. The molecule has 0 bridgehead atoms. The lowest BCUT2D eigenvalue weighted by atomic mass is 10.1. The number of benzene rings is 1. The highest BCUT2D eigenvalue weighted by molar-refractivity contribution is 7.90. The van der Waals surface area contributed by atoms with Gasteiger partial charge in [0.1, 0.15) is 0 Å². The van der Waals surface area contributed by atoms with Crippen LogP contribution in [0.15, 0.2) is 29.2 Å². The minimum Gasteiger partial charge on any atom is -0.335 e. The van der Waals surface area contributed by atoms with Crippen LogP contribution in [-0.2, 0) is 9.84 Å². The molecule has 1 atom stereocenters. The summed E-state index contributed by atoms with van der Waals surface area (Å²) in [4.78, 5) is 13.9. The molecule has 0 aromatic heterocycles. The zero-order valence-electron chi connectivity index (χ0n) is 12.0. The fourth-order valence-electron chi connectivity index (χ4n) is 1.90. The summed E-state index contributed by atoms with van der Waals surface area (Å²) in [6.07, 6.45) is 3.29. The molecular weight excluding hydrogens is 276 g/mol. The molecule has 5 nitrogen and oxygen atoms in total. The van der Waals surface area contributed by atoms with Crippen LogP contribution in [0.4, 0.5) is 4.79 Å². The number of carbonyl (C=O) groups is 1. The number of carbonyl (C=O) groups excluding carboxylic acids is 1. The Morgan fingerprint density at radius 3 is 2.30 bits per heavy atom. The third-order valence-corrected chi connectivity index (χ3v) is 4.73. The van der Waals surface area contributed by atoms with Crippen LogP contribution >= 0.6 is 0 Å². The molecule has 1 saturated carbocycles. The maximum atomic E-state index is 12.0. The van der Waals surface area contributed by atoms with Crippen molar-refractivity contribution in [3.05, 3.63) is 29.8 Å². The van der Waals surface area contributed by atoms with Crippen molar-refractivity contribution in [3.8, 4) is 0 Å². The number of nitrogens with zero attached hydrogens (tertiary/aromatic N) is 1. The molecule has 0 heterocycles. The van der Waals surface area contributed by atoms with Crippen molar-refractivity contribution in [2.24, 2.45) is 0 Å². The van der Waals surface area contributed by atoms with Crippen LogP contribution in [0.2, 0.25) is 0 Å². The van der Waals surface area contributed by atoms with Gasteiger partial charge in [-0.1, -0.05) is 12.1 Å². The zero-order valence-corrected chi connectivity index (χ0v) is 12.8. The molecule has 1 aliphatic rings. The monoisotopic (exact) mass is 296 g/mol. The first kappa shape index (κ1) is 14.8. The van der Waals surface area contributed by atoms with E-state index in [1.165, 1.54) is 6.26 Å². The van der Waals surface area contributed by atoms with Crippen molar-refractivity contribution >= 4 is 15.9 Å². The van der Waals surface area contributed by atoms with Crippen LogP contribution in [0.3, 0.4) is 0 Å². The van der Waals surface area contributed by atoms with Gasteiger partial charge in [0.15, 0.2) is 9.84 Å². The summed E-state index contributed by atoms with van der Waals surface area (Å²) in [6.45, 7) is 1.92. The predicted octanol–water partition coefficient (Wildman–Crippen LogP) is 1.95. The molecule has 110 valence electrons. The first-order valence-corrected chi connectivity index (χ1v) is 8.51. The van der Waals surface area contributed by atoms with Gasteiger partial charge in [-0.05, 0) is 37.5 Å². The van der Waals surface area contributed by atoms with Crippen molar-refractivity contribution in [1.82, 2.24) is 10.2 Å². The molecular formula is C14H20N2O3S. The van der Waals surface area contributed by atoms with Gasteiger partial charge in [0, 0.05) is 19.3 Å². The van der Waals surface area contributed by atoms with Crippen molar-refractivity contribution in [3.63, 3.8) is 0 Å². The lowest BCUT2D eigenvalue weighted by Gasteiger charge is -2.25. The van der Waals surface area contributed by atoms with Crippen molar-refractivity contribution in [1.29, 1.82) is 0 Å². The molecule has 0 aliphatic heterocycles. The summed E-state index contributed by atoms with van der Waals surface area (Å²) in [6, 6.07) is 6.78. The summed E-state index contributed by atoms with van der Waals surface area (Å²) in [5.41, 5.74) is 0.908. The van der Waals surface area contributed by atoms with Gasteiger partial charge in [0.25, 0.3) is 0 Å². The van der Waals surface area contributed by atoms with Crippen LogP contribution in [0.25, 0.3) is 0 Å². The van der Waals surface area contributed by atoms with Gasteiger partial charge in [0.05, 0.1) is 10.9 Å². The standard InChI is InChI=1S/C14H20N2O3S/c1-10(16(2)14(17)15-12-6-7-12)11-4-8-13(9-5-11)20(3,18)19/h4-5,8-10,12H,6-7H2,1-3H3,(H,15,17). The van der Waals surface area contributed by atoms with Crippen LogP contribution in [0, 0.1) is 0 Å². The van der Waals surface area contributed by atoms with Gasteiger partial charge < -0.3 is 10.2 Å². The van der Waals surface area contributed by atoms with E-state index < -0.39 is 9.84 Å².